The molecule has 0 atom stereocenters. The van der Waals surface area contributed by atoms with Crippen molar-refractivity contribution in [3.8, 4) is 0 Å². The molecule has 1 N–H and O–H groups in total. The van der Waals surface area contributed by atoms with Crippen molar-refractivity contribution in [3.05, 3.63) is 65.6 Å². The Hall–Kier alpha value is -2.62. The van der Waals surface area contributed by atoms with E-state index >= 15 is 0 Å². The molecule has 1 aromatic carbocycles. The maximum Gasteiger partial charge on any atom is 0.354 e. The first-order valence-corrected chi connectivity index (χ1v) is 6.38. The topological polar surface area (TPSA) is 55.1 Å². The standard InChI is InChI=1S/C16H14N2O2/c1-11-8-13-4-2-3-5-15(13)18(11)10-12-6-7-17-14(9-12)16(19)20/h2-9H,10H2,1H3,(H,19,20). The lowest BCUT2D eigenvalue weighted by Gasteiger charge is -2.09. The van der Waals surface area contributed by atoms with E-state index in [4.69, 9.17) is 5.11 Å². The van der Waals surface area contributed by atoms with Crippen LogP contribution in [0.25, 0.3) is 10.9 Å². The Labute approximate surface area is 116 Å². The largest absolute Gasteiger partial charge is 0.477 e. The molecule has 0 saturated heterocycles. The number of para-hydroxylation sites is 1. The molecule has 2 heterocycles. The van der Waals surface area contributed by atoms with E-state index in [-0.39, 0.29) is 5.69 Å². The van der Waals surface area contributed by atoms with Gasteiger partial charge < -0.3 is 9.67 Å². The lowest BCUT2D eigenvalue weighted by molar-refractivity contribution is 0.0690. The van der Waals surface area contributed by atoms with Gasteiger partial charge in [0.2, 0.25) is 0 Å². The number of benzene rings is 1. The molecular weight excluding hydrogens is 252 g/mol. The highest BCUT2D eigenvalue weighted by molar-refractivity contribution is 5.85. The molecule has 0 aliphatic carbocycles. The van der Waals surface area contributed by atoms with Crippen molar-refractivity contribution in [1.29, 1.82) is 0 Å². The molecule has 0 unspecified atom stereocenters. The number of nitrogens with zero attached hydrogens (tertiary/aromatic N) is 2. The van der Waals surface area contributed by atoms with E-state index < -0.39 is 5.97 Å². The van der Waals surface area contributed by atoms with E-state index in [1.807, 2.05) is 18.2 Å². The van der Waals surface area contributed by atoms with Crippen LogP contribution in [0.3, 0.4) is 0 Å². The highest BCUT2D eigenvalue weighted by Crippen LogP contribution is 2.20. The van der Waals surface area contributed by atoms with Gasteiger partial charge in [-0.1, -0.05) is 18.2 Å². The van der Waals surface area contributed by atoms with Crippen molar-refractivity contribution in [1.82, 2.24) is 9.55 Å². The Morgan fingerprint density at radius 3 is 2.85 bits per heavy atom. The number of aryl methyl sites for hydroxylation is 1. The van der Waals surface area contributed by atoms with Crippen LogP contribution in [0, 0.1) is 6.92 Å². The third-order valence-corrected chi connectivity index (χ3v) is 3.40. The zero-order chi connectivity index (χ0) is 14.1. The van der Waals surface area contributed by atoms with Gasteiger partial charge in [0.1, 0.15) is 5.69 Å². The van der Waals surface area contributed by atoms with Crippen LogP contribution >= 0.6 is 0 Å². The van der Waals surface area contributed by atoms with Crippen LogP contribution in [-0.2, 0) is 6.54 Å². The zero-order valence-corrected chi connectivity index (χ0v) is 11.1. The fraction of sp³-hybridized carbons (Fsp3) is 0.125. The van der Waals surface area contributed by atoms with Gasteiger partial charge in [0.25, 0.3) is 0 Å². The maximum absolute atomic E-state index is 11.0. The number of carboxylic acid groups (broad SMARTS) is 1. The number of hydrogen-bond donors (Lipinski definition) is 1. The number of carboxylic acids is 1. The Morgan fingerprint density at radius 2 is 2.05 bits per heavy atom. The van der Waals surface area contributed by atoms with Crippen LogP contribution < -0.4 is 0 Å². The van der Waals surface area contributed by atoms with Crippen molar-refractivity contribution in [2.45, 2.75) is 13.5 Å². The summed E-state index contributed by atoms with van der Waals surface area (Å²) in [6.45, 7) is 2.70. The van der Waals surface area contributed by atoms with Crippen LogP contribution in [-0.4, -0.2) is 20.6 Å². The van der Waals surface area contributed by atoms with Crippen molar-refractivity contribution < 1.29 is 9.90 Å². The zero-order valence-electron chi connectivity index (χ0n) is 11.1. The molecule has 0 bridgehead atoms. The summed E-state index contributed by atoms with van der Waals surface area (Å²) in [5, 5.41) is 10.2. The van der Waals surface area contributed by atoms with Crippen LogP contribution in [0.4, 0.5) is 0 Å². The van der Waals surface area contributed by atoms with E-state index in [1.165, 1.54) is 5.39 Å². The normalized spacial score (nSPS) is 10.8. The van der Waals surface area contributed by atoms with Gasteiger partial charge in [-0.2, -0.15) is 0 Å². The highest BCUT2D eigenvalue weighted by atomic mass is 16.4. The molecule has 0 spiro atoms. The first-order valence-electron chi connectivity index (χ1n) is 6.38. The molecule has 0 saturated carbocycles. The second-order valence-electron chi connectivity index (χ2n) is 4.79. The van der Waals surface area contributed by atoms with Gasteiger partial charge in [-0.25, -0.2) is 9.78 Å². The quantitative estimate of drug-likeness (QED) is 0.792. The first kappa shape index (κ1) is 12.4. The molecule has 0 aliphatic rings. The number of rotatable bonds is 3. The molecule has 0 amide bonds. The number of aromatic nitrogens is 2. The van der Waals surface area contributed by atoms with E-state index in [2.05, 4.69) is 34.7 Å². The SMILES string of the molecule is Cc1cc2ccccc2n1Cc1ccnc(C(=O)O)c1. The lowest BCUT2D eigenvalue weighted by atomic mass is 10.2. The summed E-state index contributed by atoms with van der Waals surface area (Å²) >= 11 is 0. The van der Waals surface area contributed by atoms with Gasteiger partial charge in [-0.05, 0) is 42.1 Å². The third kappa shape index (κ3) is 2.16. The summed E-state index contributed by atoms with van der Waals surface area (Å²) in [5.74, 6) is -0.999. The van der Waals surface area contributed by atoms with Crippen molar-refractivity contribution >= 4 is 16.9 Å². The maximum atomic E-state index is 11.0. The lowest BCUT2D eigenvalue weighted by Crippen LogP contribution is -2.05. The average molecular weight is 266 g/mol. The summed E-state index contributed by atoms with van der Waals surface area (Å²) in [4.78, 5) is 14.8. The monoisotopic (exact) mass is 266 g/mol. The molecule has 3 aromatic rings. The molecule has 0 fully saturated rings. The summed E-state index contributed by atoms with van der Waals surface area (Å²) < 4.78 is 2.18. The van der Waals surface area contributed by atoms with Crippen LogP contribution in [0.1, 0.15) is 21.7 Å². The molecule has 20 heavy (non-hydrogen) atoms. The Bertz CT molecular complexity index is 790. The molecule has 100 valence electrons. The van der Waals surface area contributed by atoms with Gasteiger partial charge >= 0.3 is 5.97 Å². The molecule has 0 radical (unpaired) electrons. The fourth-order valence-corrected chi connectivity index (χ4v) is 2.43. The van der Waals surface area contributed by atoms with Gasteiger partial charge in [0.05, 0.1) is 0 Å². The molecule has 0 aliphatic heterocycles. The second-order valence-corrected chi connectivity index (χ2v) is 4.79. The van der Waals surface area contributed by atoms with Gasteiger partial charge in [0.15, 0.2) is 0 Å². The minimum Gasteiger partial charge on any atom is -0.477 e. The molecule has 4 nitrogen and oxygen atoms in total. The predicted octanol–water partition coefficient (Wildman–Crippen LogP) is 3.09. The molecule has 3 rings (SSSR count). The number of carbonyl (C=O) groups is 1. The smallest absolute Gasteiger partial charge is 0.354 e. The Balaban J connectivity index is 2.03. The number of pyridine rings is 1. The van der Waals surface area contributed by atoms with Crippen molar-refractivity contribution in [2.75, 3.05) is 0 Å². The summed E-state index contributed by atoms with van der Waals surface area (Å²) in [6, 6.07) is 13.8. The van der Waals surface area contributed by atoms with E-state index in [1.54, 1.807) is 12.3 Å². The van der Waals surface area contributed by atoms with E-state index in [0.29, 0.717) is 6.54 Å². The van der Waals surface area contributed by atoms with E-state index in [0.717, 1.165) is 16.8 Å². The predicted molar refractivity (Wildman–Crippen MR) is 77.0 cm³/mol. The minimum absolute atomic E-state index is 0.0802. The van der Waals surface area contributed by atoms with Crippen molar-refractivity contribution in [3.63, 3.8) is 0 Å². The Kier molecular flexibility index (Phi) is 2.99. The fourth-order valence-electron chi connectivity index (χ4n) is 2.43. The van der Waals surface area contributed by atoms with Gasteiger partial charge in [-0.15, -0.1) is 0 Å². The summed E-state index contributed by atoms with van der Waals surface area (Å²) in [6.07, 6.45) is 1.54. The molecule has 2 aromatic heterocycles. The third-order valence-electron chi connectivity index (χ3n) is 3.40. The first-order chi connectivity index (χ1) is 9.65. The summed E-state index contributed by atoms with van der Waals surface area (Å²) in [7, 11) is 0. The molecule has 4 heteroatoms. The van der Waals surface area contributed by atoms with Crippen LogP contribution in [0.5, 0.6) is 0 Å². The molecular formula is C16H14N2O2. The number of aromatic carboxylic acids is 1. The van der Waals surface area contributed by atoms with Crippen LogP contribution in [0.2, 0.25) is 0 Å². The minimum atomic E-state index is -0.999. The second kappa shape index (κ2) is 4.81. The number of hydrogen-bond acceptors (Lipinski definition) is 2. The highest BCUT2D eigenvalue weighted by Gasteiger charge is 2.08. The van der Waals surface area contributed by atoms with Gasteiger partial charge in [-0.3, -0.25) is 0 Å². The van der Waals surface area contributed by atoms with E-state index in [9.17, 15) is 4.79 Å². The Morgan fingerprint density at radius 1 is 1.25 bits per heavy atom. The number of fused-ring (bicyclic) bond motifs is 1. The average Bonchev–Trinajstić information content (AvgIpc) is 2.76. The van der Waals surface area contributed by atoms with Crippen LogP contribution in [0.15, 0.2) is 48.7 Å². The summed E-state index contributed by atoms with van der Waals surface area (Å²) in [5.41, 5.74) is 3.32. The van der Waals surface area contributed by atoms with Crippen molar-refractivity contribution in [2.24, 2.45) is 0 Å². The van der Waals surface area contributed by atoms with Gasteiger partial charge in [0, 0.05) is 24.0 Å².